The highest BCUT2D eigenvalue weighted by Crippen LogP contribution is 2.50. The zero-order chi connectivity index (χ0) is 24.9. The van der Waals surface area contributed by atoms with Gasteiger partial charge in [0.05, 0.1) is 17.2 Å². The summed E-state index contributed by atoms with van der Waals surface area (Å²) in [6, 6.07) is 7.94. The number of hydrogen-bond donors (Lipinski definition) is 0. The quantitative estimate of drug-likeness (QED) is 0.536. The molecule has 0 N–H and O–H groups in total. The van der Waals surface area contributed by atoms with Gasteiger partial charge < -0.3 is 4.74 Å². The predicted octanol–water partition coefficient (Wildman–Crippen LogP) is 4.81. The lowest BCUT2D eigenvalue weighted by atomic mass is 9.78. The SMILES string of the molecule is C=C1N(c2cccc(OC(F)F)c2)c2nnc(C(=O)CC3(C)CCS(=O)(=O)CC3)cc2C1(C)C. The minimum Gasteiger partial charge on any atom is -0.435 e. The number of rotatable bonds is 6. The fourth-order valence-electron chi connectivity index (χ4n) is 4.47. The number of ketones is 1. The number of sulfone groups is 1. The highest BCUT2D eigenvalue weighted by molar-refractivity contribution is 7.91. The van der Waals surface area contributed by atoms with Crippen molar-refractivity contribution in [1.82, 2.24) is 10.2 Å². The molecule has 1 saturated heterocycles. The summed E-state index contributed by atoms with van der Waals surface area (Å²) >= 11 is 0. The number of fused-ring (bicyclic) bond motifs is 1. The summed E-state index contributed by atoms with van der Waals surface area (Å²) in [7, 11) is -3.03. The maximum absolute atomic E-state index is 13.1. The van der Waals surface area contributed by atoms with Gasteiger partial charge in [-0.2, -0.15) is 8.78 Å². The first kappa shape index (κ1) is 24.3. The first-order valence-corrected chi connectivity index (χ1v) is 12.8. The number of aromatic nitrogens is 2. The molecule has 1 fully saturated rings. The van der Waals surface area contributed by atoms with Crippen LogP contribution in [-0.4, -0.2) is 42.5 Å². The molecule has 1 aromatic heterocycles. The van der Waals surface area contributed by atoms with E-state index in [9.17, 15) is 22.0 Å². The van der Waals surface area contributed by atoms with Gasteiger partial charge in [0.1, 0.15) is 21.3 Å². The lowest BCUT2D eigenvalue weighted by Gasteiger charge is -2.32. The summed E-state index contributed by atoms with van der Waals surface area (Å²) in [4.78, 5) is 14.8. The van der Waals surface area contributed by atoms with Crippen LogP contribution in [0.25, 0.3) is 0 Å². The van der Waals surface area contributed by atoms with E-state index < -0.39 is 27.3 Å². The van der Waals surface area contributed by atoms with Gasteiger partial charge in [-0.15, -0.1) is 10.2 Å². The fourth-order valence-corrected chi connectivity index (χ4v) is 6.28. The van der Waals surface area contributed by atoms with Crippen LogP contribution in [0.15, 0.2) is 42.6 Å². The molecule has 7 nitrogen and oxygen atoms in total. The van der Waals surface area contributed by atoms with Crippen LogP contribution in [0.4, 0.5) is 20.3 Å². The number of Topliss-reactive ketones (excluding diaryl/α,β-unsaturated/α-hetero) is 1. The predicted molar refractivity (Wildman–Crippen MR) is 124 cm³/mol. The number of hydrogen-bond acceptors (Lipinski definition) is 7. The molecule has 0 spiro atoms. The second-order valence-corrected chi connectivity index (χ2v) is 12.1. The summed E-state index contributed by atoms with van der Waals surface area (Å²) < 4.78 is 53.5. The number of anilines is 2. The Morgan fingerprint density at radius 3 is 2.50 bits per heavy atom. The fraction of sp³-hybridized carbons (Fsp3) is 0.458. The molecule has 182 valence electrons. The maximum atomic E-state index is 13.1. The van der Waals surface area contributed by atoms with Crippen molar-refractivity contribution in [2.24, 2.45) is 5.41 Å². The molecule has 2 aromatic rings. The number of halogens is 2. The Kier molecular flexibility index (Phi) is 6.00. The van der Waals surface area contributed by atoms with E-state index in [1.54, 1.807) is 23.1 Å². The molecule has 0 bridgehead atoms. The molecule has 34 heavy (non-hydrogen) atoms. The smallest absolute Gasteiger partial charge is 0.387 e. The highest BCUT2D eigenvalue weighted by atomic mass is 32.2. The zero-order valence-electron chi connectivity index (χ0n) is 19.3. The minimum absolute atomic E-state index is 0.00838. The average Bonchev–Trinajstić information content (AvgIpc) is 2.95. The van der Waals surface area contributed by atoms with Crippen LogP contribution in [0.3, 0.4) is 0 Å². The third-order valence-electron chi connectivity index (χ3n) is 6.86. The van der Waals surface area contributed by atoms with Gasteiger partial charge in [-0.3, -0.25) is 9.69 Å². The van der Waals surface area contributed by atoms with Crippen LogP contribution in [0.2, 0.25) is 0 Å². The third-order valence-corrected chi connectivity index (χ3v) is 8.51. The van der Waals surface area contributed by atoms with Gasteiger partial charge in [0.2, 0.25) is 0 Å². The van der Waals surface area contributed by atoms with Crippen molar-refractivity contribution in [3.8, 4) is 5.75 Å². The molecule has 10 heteroatoms. The van der Waals surface area contributed by atoms with Gasteiger partial charge in [0, 0.05) is 29.2 Å². The first-order chi connectivity index (χ1) is 15.8. The number of alkyl halides is 2. The van der Waals surface area contributed by atoms with Crippen LogP contribution in [0.1, 0.15) is 56.1 Å². The molecule has 0 atom stereocenters. The number of carbonyl (C=O) groups excluding carboxylic acids is 1. The summed E-state index contributed by atoms with van der Waals surface area (Å²) in [5.41, 5.74) is 1.15. The molecule has 0 aliphatic carbocycles. The summed E-state index contributed by atoms with van der Waals surface area (Å²) in [6.07, 6.45) is 1.06. The molecule has 0 radical (unpaired) electrons. The molecule has 0 saturated carbocycles. The first-order valence-electron chi connectivity index (χ1n) is 11.0. The van der Waals surface area contributed by atoms with Crippen LogP contribution in [0, 0.1) is 5.41 Å². The van der Waals surface area contributed by atoms with E-state index in [4.69, 9.17) is 0 Å². The normalized spacial score (nSPS) is 20.3. The van der Waals surface area contributed by atoms with Crippen molar-refractivity contribution in [2.75, 3.05) is 16.4 Å². The van der Waals surface area contributed by atoms with Gasteiger partial charge in [-0.05, 0) is 36.5 Å². The minimum atomic E-state index is -3.03. The van der Waals surface area contributed by atoms with Crippen molar-refractivity contribution in [1.29, 1.82) is 0 Å². The number of benzene rings is 1. The molecular formula is C24H27F2N3O4S. The topological polar surface area (TPSA) is 89.5 Å². The lowest BCUT2D eigenvalue weighted by molar-refractivity contribution is -0.0498. The largest absolute Gasteiger partial charge is 0.435 e. The van der Waals surface area contributed by atoms with E-state index in [0.717, 1.165) is 5.56 Å². The van der Waals surface area contributed by atoms with Gasteiger partial charge >= 0.3 is 6.61 Å². The molecule has 0 unspecified atom stereocenters. The second kappa shape index (κ2) is 8.41. The van der Waals surface area contributed by atoms with Crippen LogP contribution < -0.4 is 9.64 Å². The van der Waals surface area contributed by atoms with E-state index in [1.165, 1.54) is 12.1 Å². The van der Waals surface area contributed by atoms with Gasteiger partial charge in [0.15, 0.2) is 11.6 Å². The molecule has 4 rings (SSSR count). The van der Waals surface area contributed by atoms with Crippen molar-refractivity contribution in [3.63, 3.8) is 0 Å². The Balaban J connectivity index is 1.63. The Morgan fingerprint density at radius 1 is 1.18 bits per heavy atom. The molecular weight excluding hydrogens is 464 g/mol. The average molecular weight is 492 g/mol. The molecule has 2 aliphatic heterocycles. The standard InChI is InChI=1S/C24H27F2N3O4S/c1-15-23(2,3)18-13-19(20(30)14-24(4)8-10-34(31,32)11-9-24)27-28-21(18)29(15)16-6-5-7-17(12-16)33-22(25)26/h5-7,12-13,22H,1,8-11,14H2,2-4H3. The molecule has 1 aromatic carbocycles. The van der Waals surface area contributed by atoms with Crippen molar-refractivity contribution in [2.45, 2.75) is 52.1 Å². The van der Waals surface area contributed by atoms with E-state index in [0.29, 0.717) is 30.0 Å². The van der Waals surface area contributed by atoms with E-state index >= 15 is 0 Å². The molecule has 0 amide bonds. The number of ether oxygens (including phenoxy) is 1. The third kappa shape index (κ3) is 4.55. The van der Waals surface area contributed by atoms with Crippen molar-refractivity contribution in [3.05, 3.63) is 53.9 Å². The Hall–Kier alpha value is -2.88. The zero-order valence-corrected chi connectivity index (χ0v) is 20.2. The van der Waals surface area contributed by atoms with Gasteiger partial charge in [-0.1, -0.05) is 33.4 Å². The Morgan fingerprint density at radius 2 is 1.85 bits per heavy atom. The summed E-state index contributed by atoms with van der Waals surface area (Å²) in [5.74, 6) is 0.458. The van der Waals surface area contributed by atoms with Crippen molar-refractivity contribution >= 4 is 27.1 Å². The second-order valence-electron chi connectivity index (χ2n) is 9.81. The maximum Gasteiger partial charge on any atom is 0.387 e. The highest BCUT2D eigenvalue weighted by Gasteiger charge is 2.42. The van der Waals surface area contributed by atoms with E-state index in [-0.39, 0.29) is 35.2 Å². The van der Waals surface area contributed by atoms with Crippen molar-refractivity contribution < 1.29 is 26.7 Å². The van der Waals surface area contributed by atoms with Gasteiger partial charge in [-0.25, -0.2) is 8.42 Å². The number of allylic oxidation sites excluding steroid dienone is 1. The lowest BCUT2D eigenvalue weighted by Crippen LogP contribution is -2.33. The van der Waals surface area contributed by atoms with E-state index in [1.807, 2.05) is 20.8 Å². The summed E-state index contributed by atoms with van der Waals surface area (Å²) in [5, 5.41) is 8.49. The monoisotopic (exact) mass is 491 g/mol. The van der Waals surface area contributed by atoms with Crippen LogP contribution in [0.5, 0.6) is 5.75 Å². The van der Waals surface area contributed by atoms with Crippen LogP contribution in [-0.2, 0) is 15.3 Å². The van der Waals surface area contributed by atoms with E-state index in [2.05, 4.69) is 21.5 Å². The Labute approximate surface area is 197 Å². The Bertz CT molecular complexity index is 1250. The number of carbonyl (C=O) groups is 1. The molecule has 3 heterocycles. The van der Waals surface area contributed by atoms with Gasteiger partial charge in [0.25, 0.3) is 0 Å². The number of nitrogens with zero attached hydrogens (tertiary/aromatic N) is 3. The summed E-state index contributed by atoms with van der Waals surface area (Å²) in [6.45, 7) is 7.06. The van der Waals surface area contributed by atoms with Crippen LogP contribution >= 0.6 is 0 Å². The molecule has 2 aliphatic rings.